The zero-order valence-corrected chi connectivity index (χ0v) is 27.8. The number of anilines is 6. The van der Waals surface area contributed by atoms with Crippen molar-refractivity contribution < 1.29 is 0 Å². The summed E-state index contributed by atoms with van der Waals surface area (Å²) < 4.78 is 0. The van der Waals surface area contributed by atoms with Crippen LogP contribution >= 0.6 is 0 Å². The van der Waals surface area contributed by atoms with Gasteiger partial charge in [0.2, 0.25) is 0 Å². The molecule has 0 fully saturated rings. The van der Waals surface area contributed by atoms with E-state index >= 15 is 0 Å². The van der Waals surface area contributed by atoms with Crippen LogP contribution < -0.4 is 9.80 Å². The van der Waals surface area contributed by atoms with Crippen molar-refractivity contribution in [2.45, 2.75) is 27.7 Å². The summed E-state index contributed by atoms with van der Waals surface area (Å²) in [5.74, 6) is 2.48. The standard InChI is InChI=1S/C39H27N5.2C2H6/c1-3-15-30(16-4-1)43(37-32-19-9-7-13-28(32)23-25-40-37)36-27-42-39(35-22-12-11-21-34(35)36)44(31-17-5-2-6-18-31)38-33-20-10-8-14-29(33)24-26-41-38;2*1-2/h1-27H;2*1-2H3. The van der Waals surface area contributed by atoms with Gasteiger partial charge in [0, 0.05) is 45.3 Å². The molecule has 0 atom stereocenters. The number of nitrogens with zero attached hydrogens (tertiary/aromatic N) is 5. The van der Waals surface area contributed by atoms with Crippen LogP contribution in [0.15, 0.2) is 164 Å². The minimum atomic E-state index is 0.804. The third-order valence-corrected chi connectivity index (χ3v) is 7.96. The van der Waals surface area contributed by atoms with Crippen LogP contribution in [0.5, 0.6) is 0 Å². The Balaban J connectivity index is 0.000000969. The number of aromatic nitrogens is 3. The summed E-state index contributed by atoms with van der Waals surface area (Å²) >= 11 is 0. The number of rotatable bonds is 6. The third-order valence-electron chi connectivity index (χ3n) is 7.96. The maximum absolute atomic E-state index is 5.24. The Morgan fingerprint density at radius 2 is 0.750 bits per heavy atom. The molecule has 0 aliphatic carbocycles. The molecule has 0 saturated carbocycles. The summed E-state index contributed by atoms with van der Waals surface area (Å²) in [4.78, 5) is 19.5. The maximum Gasteiger partial charge on any atom is 0.146 e. The van der Waals surface area contributed by atoms with Gasteiger partial charge in [-0.05, 0) is 47.2 Å². The Hall–Kier alpha value is -6.07. The molecule has 5 heteroatoms. The summed E-state index contributed by atoms with van der Waals surface area (Å²) in [6.07, 6.45) is 5.71. The van der Waals surface area contributed by atoms with Gasteiger partial charge in [0.25, 0.3) is 0 Å². The number of hydrogen-bond donors (Lipinski definition) is 0. The maximum atomic E-state index is 5.24. The number of pyridine rings is 3. The zero-order valence-electron chi connectivity index (χ0n) is 27.8. The molecule has 0 unspecified atom stereocenters. The molecule has 48 heavy (non-hydrogen) atoms. The van der Waals surface area contributed by atoms with Crippen LogP contribution in [0, 0.1) is 0 Å². The Morgan fingerprint density at radius 1 is 0.354 bits per heavy atom. The zero-order chi connectivity index (χ0) is 33.3. The summed E-state index contributed by atoms with van der Waals surface area (Å²) in [7, 11) is 0. The van der Waals surface area contributed by atoms with Crippen molar-refractivity contribution in [2.24, 2.45) is 0 Å². The van der Waals surface area contributed by atoms with Gasteiger partial charge >= 0.3 is 0 Å². The van der Waals surface area contributed by atoms with Gasteiger partial charge < -0.3 is 0 Å². The van der Waals surface area contributed by atoms with E-state index in [9.17, 15) is 0 Å². The largest absolute Gasteiger partial charge is 0.292 e. The van der Waals surface area contributed by atoms with Gasteiger partial charge in [-0.25, -0.2) is 15.0 Å². The Kier molecular flexibility index (Phi) is 9.98. The van der Waals surface area contributed by atoms with Crippen molar-refractivity contribution in [2.75, 3.05) is 9.80 Å². The molecule has 0 amide bonds. The highest BCUT2D eigenvalue weighted by Gasteiger charge is 2.24. The molecule has 0 aliphatic rings. The van der Waals surface area contributed by atoms with E-state index in [0.29, 0.717) is 0 Å². The molecule has 0 N–H and O–H groups in total. The van der Waals surface area contributed by atoms with Crippen LogP contribution in [0.4, 0.5) is 34.5 Å². The second-order valence-electron chi connectivity index (χ2n) is 10.6. The molecule has 0 aliphatic heterocycles. The van der Waals surface area contributed by atoms with Crippen molar-refractivity contribution in [1.82, 2.24) is 15.0 Å². The lowest BCUT2D eigenvalue weighted by Gasteiger charge is -2.29. The van der Waals surface area contributed by atoms with Crippen LogP contribution in [0.2, 0.25) is 0 Å². The van der Waals surface area contributed by atoms with Gasteiger partial charge in [-0.1, -0.05) is 137 Å². The highest BCUT2D eigenvalue weighted by atomic mass is 15.3. The molecule has 8 aromatic rings. The quantitative estimate of drug-likeness (QED) is 0.184. The van der Waals surface area contributed by atoms with Crippen LogP contribution in [0.1, 0.15) is 27.7 Å². The van der Waals surface area contributed by atoms with Crippen LogP contribution in [-0.2, 0) is 0 Å². The molecular formula is C43H39N5. The SMILES string of the molecule is CC.CC.c1ccc(N(c2nccc3ccccc23)c2cnc(N(c3ccccc3)c3nccc4ccccc34)c3ccccc23)cc1. The second kappa shape index (κ2) is 15.0. The highest BCUT2D eigenvalue weighted by Crippen LogP contribution is 2.45. The number of fused-ring (bicyclic) bond motifs is 3. The van der Waals surface area contributed by atoms with Crippen molar-refractivity contribution in [3.63, 3.8) is 0 Å². The molecule has 0 saturated heterocycles. The predicted molar refractivity (Wildman–Crippen MR) is 204 cm³/mol. The fraction of sp³-hybridized carbons (Fsp3) is 0.0930. The van der Waals surface area contributed by atoms with E-state index in [1.165, 1.54) is 0 Å². The summed E-state index contributed by atoms with van der Waals surface area (Å²) in [6, 6.07) is 50.0. The first-order valence-electron chi connectivity index (χ1n) is 16.6. The average molecular weight is 626 g/mol. The highest BCUT2D eigenvalue weighted by molar-refractivity contribution is 6.08. The van der Waals surface area contributed by atoms with Crippen molar-refractivity contribution >= 4 is 66.8 Å². The van der Waals surface area contributed by atoms with E-state index in [1.807, 2.05) is 76.6 Å². The Bertz CT molecular complexity index is 2080. The van der Waals surface area contributed by atoms with Crippen molar-refractivity contribution in [3.05, 3.63) is 164 Å². The molecule has 3 heterocycles. The molecule has 0 radical (unpaired) electrons. The van der Waals surface area contributed by atoms with Crippen molar-refractivity contribution in [1.29, 1.82) is 0 Å². The smallest absolute Gasteiger partial charge is 0.146 e. The molecule has 8 rings (SSSR count). The second-order valence-corrected chi connectivity index (χ2v) is 10.6. The molecule has 236 valence electrons. The van der Waals surface area contributed by atoms with Gasteiger partial charge in [-0.3, -0.25) is 9.80 Å². The van der Waals surface area contributed by atoms with Crippen LogP contribution in [-0.4, -0.2) is 15.0 Å². The molecule has 3 aromatic heterocycles. The van der Waals surface area contributed by atoms with Gasteiger partial charge in [0.05, 0.1) is 11.9 Å². The number of benzene rings is 5. The lowest BCUT2D eigenvalue weighted by molar-refractivity contribution is 1.14. The number of para-hydroxylation sites is 2. The van der Waals surface area contributed by atoms with Crippen molar-refractivity contribution in [3.8, 4) is 0 Å². The first-order chi connectivity index (χ1) is 23.9. The van der Waals surface area contributed by atoms with E-state index in [1.54, 1.807) is 0 Å². The lowest BCUT2D eigenvalue weighted by Crippen LogP contribution is -2.16. The summed E-state index contributed by atoms with van der Waals surface area (Å²) in [5, 5.41) is 6.43. The van der Waals surface area contributed by atoms with E-state index < -0.39 is 0 Å². The Labute approximate surface area is 282 Å². The van der Waals surface area contributed by atoms with E-state index in [4.69, 9.17) is 15.0 Å². The van der Waals surface area contributed by atoms with Gasteiger partial charge in [0.15, 0.2) is 0 Å². The average Bonchev–Trinajstić information content (AvgIpc) is 3.18. The molecule has 0 bridgehead atoms. The monoisotopic (exact) mass is 625 g/mol. The van der Waals surface area contributed by atoms with E-state index in [2.05, 4.69) is 125 Å². The van der Waals surface area contributed by atoms with Gasteiger partial charge in [-0.15, -0.1) is 0 Å². The van der Waals surface area contributed by atoms with Crippen LogP contribution in [0.3, 0.4) is 0 Å². The molecule has 5 nitrogen and oxygen atoms in total. The van der Waals surface area contributed by atoms with E-state index in [0.717, 1.165) is 66.8 Å². The predicted octanol–water partition coefficient (Wildman–Crippen LogP) is 12.3. The molecular weight excluding hydrogens is 587 g/mol. The molecule has 0 spiro atoms. The third kappa shape index (κ3) is 6.06. The first kappa shape index (κ1) is 31.9. The summed E-state index contributed by atoms with van der Waals surface area (Å²) in [6.45, 7) is 8.00. The minimum Gasteiger partial charge on any atom is -0.292 e. The normalized spacial score (nSPS) is 10.5. The molecule has 5 aromatic carbocycles. The van der Waals surface area contributed by atoms with Crippen LogP contribution in [0.25, 0.3) is 32.3 Å². The number of hydrogen-bond acceptors (Lipinski definition) is 5. The first-order valence-corrected chi connectivity index (χ1v) is 16.6. The summed E-state index contributed by atoms with van der Waals surface area (Å²) in [5.41, 5.74) is 2.93. The fourth-order valence-corrected chi connectivity index (χ4v) is 5.96. The van der Waals surface area contributed by atoms with Gasteiger partial charge in [0.1, 0.15) is 17.5 Å². The Morgan fingerprint density at radius 3 is 1.29 bits per heavy atom. The topological polar surface area (TPSA) is 45.2 Å². The van der Waals surface area contributed by atoms with Gasteiger partial charge in [-0.2, -0.15) is 0 Å². The fourth-order valence-electron chi connectivity index (χ4n) is 5.96. The minimum absolute atomic E-state index is 0.804. The van der Waals surface area contributed by atoms with E-state index in [-0.39, 0.29) is 0 Å². The lowest BCUT2D eigenvalue weighted by atomic mass is 10.1.